The fourth-order valence-electron chi connectivity index (χ4n) is 2.85. The van der Waals surface area contributed by atoms with E-state index in [1.54, 1.807) is 6.20 Å². The quantitative estimate of drug-likeness (QED) is 0.933. The van der Waals surface area contributed by atoms with Gasteiger partial charge in [-0.2, -0.15) is 0 Å². The van der Waals surface area contributed by atoms with Crippen LogP contribution >= 0.6 is 0 Å². The number of H-pyrrole nitrogens is 1. The van der Waals surface area contributed by atoms with Crippen molar-refractivity contribution in [2.24, 2.45) is 0 Å². The maximum Gasteiger partial charge on any atom is 0.270 e. The first-order valence-electron chi connectivity index (χ1n) is 7.17. The Bertz CT molecular complexity index is 634. The van der Waals surface area contributed by atoms with Gasteiger partial charge in [-0.25, -0.2) is 0 Å². The molecular weight excluding hydrogens is 264 g/mol. The van der Waals surface area contributed by atoms with Crippen molar-refractivity contribution in [1.29, 1.82) is 0 Å². The molecule has 0 atom stereocenters. The molecule has 5 nitrogen and oxygen atoms in total. The van der Waals surface area contributed by atoms with Gasteiger partial charge in [-0.1, -0.05) is 0 Å². The van der Waals surface area contributed by atoms with E-state index >= 15 is 0 Å². The molecule has 0 spiro atoms. The number of pyridine rings is 1. The second kappa shape index (κ2) is 5.69. The Kier molecular flexibility index (Phi) is 3.75. The van der Waals surface area contributed by atoms with Crippen LogP contribution in [-0.4, -0.2) is 46.3 Å². The highest BCUT2D eigenvalue weighted by Gasteiger charge is 2.24. The van der Waals surface area contributed by atoms with Crippen LogP contribution in [-0.2, 0) is 19.5 Å². The van der Waals surface area contributed by atoms with Crippen LogP contribution in [0.2, 0.25) is 0 Å². The van der Waals surface area contributed by atoms with E-state index in [2.05, 4.69) is 29.0 Å². The molecule has 0 aliphatic carbocycles. The maximum atomic E-state index is 12.4. The SMILES string of the molecule is CN(C)Cc1cncc2c1CCN(C(=O)c1ccc[nH]1)C2. The fraction of sp³-hybridized carbons (Fsp3) is 0.375. The predicted molar refractivity (Wildman–Crippen MR) is 80.9 cm³/mol. The molecule has 3 rings (SSSR count). The number of carbonyl (C=O) groups excluding carboxylic acids is 1. The number of rotatable bonds is 3. The van der Waals surface area contributed by atoms with Crippen LogP contribution in [0.1, 0.15) is 27.2 Å². The van der Waals surface area contributed by atoms with Gasteiger partial charge in [-0.15, -0.1) is 0 Å². The Labute approximate surface area is 124 Å². The first-order valence-corrected chi connectivity index (χ1v) is 7.17. The topological polar surface area (TPSA) is 52.2 Å². The number of hydrogen-bond acceptors (Lipinski definition) is 3. The van der Waals surface area contributed by atoms with Gasteiger partial charge in [-0.3, -0.25) is 9.78 Å². The summed E-state index contributed by atoms with van der Waals surface area (Å²) >= 11 is 0. The number of carbonyl (C=O) groups is 1. The number of nitrogens with one attached hydrogen (secondary N) is 1. The molecule has 0 bridgehead atoms. The molecule has 3 heterocycles. The van der Waals surface area contributed by atoms with Crippen LogP contribution in [0.5, 0.6) is 0 Å². The van der Waals surface area contributed by atoms with Gasteiger partial charge in [0.2, 0.25) is 0 Å². The van der Waals surface area contributed by atoms with Gasteiger partial charge in [0.05, 0.1) is 0 Å². The Balaban J connectivity index is 1.81. The van der Waals surface area contributed by atoms with Crippen LogP contribution in [0.4, 0.5) is 0 Å². The van der Waals surface area contributed by atoms with E-state index in [4.69, 9.17) is 0 Å². The van der Waals surface area contributed by atoms with Crippen LogP contribution in [0, 0.1) is 0 Å². The number of nitrogens with zero attached hydrogens (tertiary/aromatic N) is 3. The zero-order chi connectivity index (χ0) is 14.8. The molecule has 0 unspecified atom stereocenters. The smallest absolute Gasteiger partial charge is 0.270 e. The predicted octanol–water partition coefficient (Wildman–Crippen LogP) is 1.67. The van der Waals surface area contributed by atoms with Crippen LogP contribution < -0.4 is 0 Å². The largest absolute Gasteiger partial charge is 0.357 e. The first-order chi connectivity index (χ1) is 10.1. The zero-order valence-corrected chi connectivity index (χ0v) is 12.5. The average molecular weight is 284 g/mol. The molecule has 1 aliphatic heterocycles. The third-order valence-electron chi connectivity index (χ3n) is 3.83. The minimum atomic E-state index is 0.0589. The van der Waals surface area contributed by atoms with Crippen LogP contribution in [0.15, 0.2) is 30.7 Å². The molecule has 1 N–H and O–H groups in total. The molecule has 0 fully saturated rings. The van der Waals surface area contributed by atoms with Crippen molar-refractivity contribution in [3.05, 3.63) is 53.1 Å². The summed E-state index contributed by atoms with van der Waals surface area (Å²) in [5.41, 5.74) is 4.44. The number of fused-ring (bicyclic) bond motifs is 1. The van der Waals surface area contributed by atoms with Crippen molar-refractivity contribution in [3.63, 3.8) is 0 Å². The lowest BCUT2D eigenvalue weighted by atomic mass is 9.96. The van der Waals surface area contributed by atoms with Crippen molar-refractivity contribution in [2.45, 2.75) is 19.5 Å². The molecule has 0 saturated carbocycles. The van der Waals surface area contributed by atoms with E-state index in [9.17, 15) is 4.79 Å². The maximum absolute atomic E-state index is 12.4. The summed E-state index contributed by atoms with van der Waals surface area (Å²) in [5.74, 6) is 0.0589. The minimum Gasteiger partial charge on any atom is -0.357 e. The summed E-state index contributed by atoms with van der Waals surface area (Å²) in [6.07, 6.45) is 6.51. The van der Waals surface area contributed by atoms with Crippen molar-refractivity contribution in [1.82, 2.24) is 19.8 Å². The summed E-state index contributed by atoms with van der Waals surface area (Å²) < 4.78 is 0. The summed E-state index contributed by atoms with van der Waals surface area (Å²) in [4.78, 5) is 23.7. The second-order valence-electron chi connectivity index (χ2n) is 5.73. The van der Waals surface area contributed by atoms with Crippen molar-refractivity contribution in [2.75, 3.05) is 20.6 Å². The zero-order valence-electron chi connectivity index (χ0n) is 12.5. The van der Waals surface area contributed by atoms with Gasteiger partial charge in [0.1, 0.15) is 5.69 Å². The Morgan fingerprint density at radius 2 is 2.29 bits per heavy atom. The highest BCUT2D eigenvalue weighted by Crippen LogP contribution is 2.23. The molecule has 5 heteroatoms. The van der Waals surface area contributed by atoms with Gasteiger partial charge in [0.25, 0.3) is 5.91 Å². The lowest BCUT2D eigenvalue weighted by Crippen LogP contribution is -2.36. The highest BCUT2D eigenvalue weighted by atomic mass is 16.2. The van der Waals surface area contributed by atoms with Gasteiger partial charge >= 0.3 is 0 Å². The van der Waals surface area contributed by atoms with E-state index in [0.717, 1.165) is 19.5 Å². The standard InChI is InChI=1S/C16H20N4O/c1-19(2)10-12-8-17-9-13-11-20(7-5-14(12)13)16(21)15-4-3-6-18-15/h3-4,6,8-9,18H,5,7,10-11H2,1-2H3. The van der Waals surface area contributed by atoms with Crippen molar-refractivity contribution >= 4 is 5.91 Å². The highest BCUT2D eigenvalue weighted by molar-refractivity contribution is 5.92. The van der Waals surface area contributed by atoms with Crippen molar-refractivity contribution < 1.29 is 4.79 Å². The molecule has 0 saturated heterocycles. The Hall–Kier alpha value is -2.14. The summed E-state index contributed by atoms with van der Waals surface area (Å²) in [5, 5.41) is 0. The number of aromatic amines is 1. The lowest BCUT2D eigenvalue weighted by Gasteiger charge is -2.30. The van der Waals surface area contributed by atoms with Crippen LogP contribution in [0.25, 0.3) is 0 Å². The number of amides is 1. The monoisotopic (exact) mass is 284 g/mol. The van der Waals surface area contributed by atoms with Gasteiger partial charge in [0, 0.05) is 38.2 Å². The molecule has 0 aromatic carbocycles. The molecule has 1 amide bonds. The fourth-order valence-corrected chi connectivity index (χ4v) is 2.85. The van der Waals surface area contributed by atoms with E-state index in [1.807, 2.05) is 29.4 Å². The Morgan fingerprint density at radius 1 is 1.43 bits per heavy atom. The first kappa shape index (κ1) is 13.8. The summed E-state index contributed by atoms with van der Waals surface area (Å²) in [6, 6.07) is 3.67. The van der Waals surface area contributed by atoms with Gasteiger partial charge < -0.3 is 14.8 Å². The van der Waals surface area contributed by atoms with Crippen LogP contribution in [0.3, 0.4) is 0 Å². The minimum absolute atomic E-state index is 0.0589. The third-order valence-corrected chi connectivity index (χ3v) is 3.83. The van der Waals surface area contributed by atoms with E-state index in [0.29, 0.717) is 12.2 Å². The second-order valence-corrected chi connectivity index (χ2v) is 5.73. The van der Waals surface area contributed by atoms with E-state index in [1.165, 1.54) is 16.7 Å². The average Bonchev–Trinajstić information content (AvgIpc) is 3.00. The molecule has 110 valence electrons. The third kappa shape index (κ3) is 2.83. The van der Waals surface area contributed by atoms with E-state index in [-0.39, 0.29) is 5.91 Å². The van der Waals surface area contributed by atoms with E-state index < -0.39 is 0 Å². The van der Waals surface area contributed by atoms with Gasteiger partial charge in [-0.05, 0) is 49.3 Å². The molecule has 21 heavy (non-hydrogen) atoms. The summed E-state index contributed by atoms with van der Waals surface area (Å²) in [7, 11) is 4.12. The molecular formula is C16H20N4O. The number of aromatic nitrogens is 2. The normalized spacial score (nSPS) is 14.3. The molecule has 2 aromatic heterocycles. The van der Waals surface area contributed by atoms with Gasteiger partial charge in [0.15, 0.2) is 0 Å². The molecule has 1 aliphatic rings. The number of hydrogen-bond donors (Lipinski definition) is 1. The molecule has 2 aromatic rings. The molecule has 0 radical (unpaired) electrons. The van der Waals surface area contributed by atoms with Crippen molar-refractivity contribution in [3.8, 4) is 0 Å². The Morgan fingerprint density at radius 3 is 3.00 bits per heavy atom. The summed E-state index contributed by atoms with van der Waals surface area (Å²) in [6.45, 7) is 2.29. The lowest BCUT2D eigenvalue weighted by molar-refractivity contribution is 0.0728.